The van der Waals surface area contributed by atoms with Crippen molar-refractivity contribution < 1.29 is 18.8 Å². The number of thiazole rings is 1. The van der Waals surface area contributed by atoms with Gasteiger partial charge < -0.3 is 15.0 Å². The summed E-state index contributed by atoms with van der Waals surface area (Å²) in [5.41, 5.74) is 0.310. The summed E-state index contributed by atoms with van der Waals surface area (Å²) in [5, 5.41) is 14.6. The topological polar surface area (TPSA) is 88.6 Å². The monoisotopic (exact) mass is 499 g/mol. The second kappa shape index (κ2) is 10.9. The SMILES string of the molecule is Cc1ccsc1/C=c1\s/c(=C(/C#N)C(=O)NCC[NH+]2CCOCC2)n(-c2ccccc2F)c1=O. The van der Waals surface area contributed by atoms with Crippen molar-refractivity contribution in [3.63, 3.8) is 0 Å². The normalized spacial score (nSPS) is 15.7. The van der Waals surface area contributed by atoms with Gasteiger partial charge >= 0.3 is 0 Å². The number of benzene rings is 1. The maximum absolute atomic E-state index is 14.7. The molecule has 0 spiro atoms. The number of morpholine rings is 1. The molecule has 1 saturated heterocycles. The molecule has 0 atom stereocenters. The van der Waals surface area contributed by atoms with E-state index in [9.17, 15) is 19.2 Å². The third-order valence-corrected chi connectivity index (χ3v) is 7.66. The van der Waals surface area contributed by atoms with Crippen molar-refractivity contribution in [2.45, 2.75) is 6.92 Å². The van der Waals surface area contributed by atoms with E-state index < -0.39 is 17.3 Å². The number of hydrogen-bond donors (Lipinski definition) is 2. The molecule has 1 amide bonds. The van der Waals surface area contributed by atoms with Crippen molar-refractivity contribution in [1.82, 2.24) is 9.88 Å². The molecule has 0 radical (unpaired) electrons. The molecule has 1 aromatic carbocycles. The Morgan fingerprint density at radius 1 is 1.32 bits per heavy atom. The lowest BCUT2D eigenvalue weighted by Gasteiger charge is -2.23. The van der Waals surface area contributed by atoms with E-state index in [0.29, 0.717) is 30.8 Å². The molecule has 2 aromatic heterocycles. The van der Waals surface area contributed by atoms with Gasteiger partial charge in [-0.25, -0.2) is 4.39 Å². The van der Waals surface area contributed by atoms with E-state index in [2.05, 4.69) is 5.32 Å². The van der Waals surface area contributed by atoms with Gasteiger partial charge in [0, 0.05) is 4.88 Å². The summed E-state index contributed by atoms with van der Waals surface area (Å²) in [5.74, 6) is -1.20. The van der Waals surface area contributed by atoms with Gasteiger partial charge in [-0.15, -0.1) is 22.7 Å². The van der Waals surface area contributed by atoms with Crippen LogP contribution in [0.5, 0.6) is 0 Å². The van der Waals surface area contributed by atoms with Crippen LogP contribution in [0.2, 0.25) is 0 Å². The Morgan fingerprint density at radius 3 is 2.76 bits per heavy atom. The number of aryl methyl sites for hydroxylation is 1. The van der Waals surface area contributed by atoms with Gasteiger partial charge in [0.1, 0.15) is 29.6 Å². The van der Waals surface area contributed by atoms with E-state index in [-0.39, 0.29) is 15.9 Å². The average Bonchev–Trinajstić information content (AvgIpc) is 3.38. The molecule has 3 heterocycles. The quantitative estimate of drug-likeness (QED) is 0.498. The molecule has 176 valence electrons. The van der Waals surface area contributed by atoms with Crippen molar-refractivity contribution in [2.75, 3.05) is 39.4 Å². The fraction of sp³-hybridized carbons (Fsp3) is 0.292. The zero-order valence-electron chi connectivity index (χ0n) is 18.6. The number of nitriles is 1. The maximum atomic E-state index is 14.7. The molecule has 0 unspecified atom stereocenters. The maximum Gasteiger partial charge on any atom is 0.273 e. The number of hydrogen-bond acceptors (Lipinski definition) is 6. The Labute approximate surface area is 203 Å². The number of nitrogens with one attached hydrogen (secondary N) is 2. The number of ether oxygens (including phenoxy) is 1. The van der Waals surface area contributed by atoms with E-state index in [1.807, 2.05) is 24.4 Å². The van der Waals surface area contributed by atoms with Gasteiger partial charge in [0.15, 0.2) is 5.57 Å². The van der Waals surface area contributed by atoms with E-state index in [1.54, 1.807) is 12.1 Å². The molecule has 2 N–H and O–H groups in total. The Kier molecular flexibility index (Phi) is 7.70. The third-order valence-electron chi connectivity index (χ3n) is 5.60. The Balaban J connectivity index is 1.78. The third kappa shape index (κ3) is 5.18. The minimum absolute atomic E-state index is 0.000359. The summed E-state index contributed by atoms with van der Waals surface area (Å²) in [4.78, 5) is 28.5. The van der Waals surface area contributed by atoms with Crippen LogP contribution in [0.3, 0.4) is 0 Å². The fourth-order valence-corrected chi connectivity index (χ4v) is 5.71. The van der Waals surface area contributed by atoms with Crippen LogP contribution >= 0.6 is 22.7 Å². The summed E-state index contributed by atoms with van der Waals surface area (Å²) < 4.78 is 21.6. The number of quaternary nitrogens is 1. The fourth-order valence-electron chi connectivity index (χ4n) is 3.70. The number of aromatic nitrogens is 1. The van der Waals surface area contributed by atoms with Crippen LogP contribution in [0.25, 0.3) is 17.3 Å². The van der Waals surface area contributed by atoms with Crippen molar-refractivity contribution >= 4 is 40.2 Å². The van der Waals surface area contributed by atoms with E-state index >= 15 is 0 Å². The zero-order valence-corrected chi connectivity index (χ0v) is 20.2. The molecule has 1 aliphatic heterocycles. The van der Waals surface area contributed by atoms with Crippen molar-refractivity contribution in [1.29, 1.82) is 5.26 Å². The molecular weight excluding hydrogens is 475 g/mol. The zero-order chi connectivity index (χ0) is 24.1. The summed E-state index contributed by atoms with van der Waals surface area (Å²) in [6, 6.07) is 9.72. The Morgan fingerprint density at radius 2 is 2.09 bits per heavy atom. The second-order valence-corrected chi connectivity index (χ2v) is 9.81. The predicted molar refractivity (Wildman–Crippen MR) is 130 cm³/mol. The lowest BCUT2D eigenvalue weighted by Crippen LogP contribution is -3.14. The van der Waals surface area contributed by atoms with Crippen molar-refractivity contribution in [3.8, 4) is 11.8 Å². The van der Waals surface area contributed by atoms with Crippen LogP contribution in [0.1, 0.15) is 10.4 Å². The van der Waals surface area contributed by atoms with Gasteiger partial charge in [-0.1, -0.05) is 12.1 Å². The lowest BCUT2D eigenvalue weighted by atomic mass is 10.2. The van der Waals surface area contributed by atoms with Crippen molar-refractivity contribution in [2.24, 2.45) is 0 Å². The highest BCUT2D eigenvalue weighted by molar-refractivity contribution is 7.11. The van der Waals surface area contributed by atoms with Gasteiger partial charge in [0.2, 0.25) is 0 Å². The highest BCUT2D eigenvalue weighted by Crippen LogP contribution is 2.16. The lowest BCUT2D eigenvalue weighted by molar-refractivity contribution is -0.906. The molecule has 3 aromatic rings. The Hall–Kier alpha value is -3.10. The standard InChI is InChI=1S/C24H23FN4O3S2/c1-16-6-13-33-20(16)14-21-23(31)29(19-5-3-2-4-18(19)25)24(34-21)17(15-26)22(30)27-7-8-28-9-11-32-12-10-28/h2-6,13-14H,7-12H2,1H3,(H,27,30)/p+1/b21-14-,24-17-. The van der Waals surface area contributed by atoms with Crippen LogP contribution in [-0.4, -0.2) is 49.9 Å². The molecular formula is C24H24FN4O3S2+. The number of rotatable bonds is 6. The van der Waals surface area contributed by atoms with Gasteiger partial charge in [-0.05, 0) is 42.1 Å². The molecule has 10 heteroatoms. The molecule has 34 heavy (non-hydrogen) atoms. The van der Waals surface area contributed by atoms with Gasteiger partial charge in [0.05, 0.1) is 36.5 Å². The first-order valence-corrected chi connectivity index (χ1v) is 12.6. The Bertz CT molecular complexity index is 1410. The van der Waals surface area contributed by atoms with Crippen LogP contribution in [0.15, 0.2) is 40.5 Å². The highest BCUT2D eigenvalue weighted by atomic mass is 32.1. The molecule has 7 nitrogen and oxygen atoms in total. The molecule has 1 aliphatic rings. The average molecular weight is 500 g/mol. The van der Waals surface area contributed by atoms with E-state index in [4.69, 9.17) is 4.74 Å². The van der Waals surface area contributed by atoms with Crippen LogP contribution in [0, 0.1) is 24.1 Å². The summed E-state index contributed by atoms with van der Waals surface area (Å²) in [7, 11) is 0. The highest BCUT2D eigenvalue weighted by Gasteiger charge is 2.20. The first-order valence-electron chi connectivity index (χ1n) is 10.9. The number of halogens is 1. The number of carbonyl (C=O) groups is 1. The summed E-state index contributed by atoms with van der Waals surface area (Å²) in [6.07, 6.45) is 1.72. The first kappa shape index (κ1) is 24.0. The second-order valence-electron chi connectivity index (χ2n) is 7.83. The summed E-state index contributed by atoms with van der Waals surface area (Å²) >= 11 is 2.49. The minimum Gasteiger partial charge on any atom is -0.370 e. The number of thiophene rings is 1. The van der Waals surface area contributed by atoms with Crippen LogP contribution in [-0.2, 0) is 9.53 Å². The number of nitrogens with zero attached hydrogens (tertiary/aromatic N) is 2. The van der Waals surface area contributed by atoms with Crippen LogP contribution < -0.4 is 25.0 Å². The number of carbonyl (C=O) groups excluding carboxylic acids is 1. The van der Waals surface area contributed by atoms with Crippen molar-refractivity contribution in [3.05, 3.63) is 71.5 Å². The van der Waals surface area contributed by atoms with E-state index in [0.717, 1.165) is 39.4 Å². The van der Waals surface area contributed by atoms with E-state index in [1.165, 1.54) is 34.4 Å². The number of amides is 1. The molecule has 0 aliphatic carbocycles. The molecule has 1 fully saturated rings. The molecule has 0 bridgehead atoms. The van der Waals surface area contributed by atoms with Crippen LogP contribution in [0.4, 0.5) is 4.39 Å². The minimum atomic E-state index is -0.615. The predicted octanol–water partition coefficient (Wildman–Crippen LogP) is -0.0576. The number of para-hydroxylation sites is 1. The van der Waals surface area contributed by atoms with Gasteiger partial charge in [-0.2, -0.15) is 5.26 Å². The van der Waals surface area contributed by atoms with Gasteiger partial charge in [0.25, 0.3) is 11.5 Å². The summed E-state index contributed by atoms with van der Waals surface area (Å²) in [6.45, 7) is 6.12. The molecule has 0 saturated carbocycles. The molecule has 4 rings (SSSR count). The first-order chi connectivity index (χ1) is 16.5. The smallest absolute Gasteiger partial charge is 0.273 e. The van der Waals surface area contributed by atoms with Gasteiger partial charge in [-0.3, -0.25) is 14.2 Å². The largest absolute Gasteiger partial charge is 0.370 e.